The zero-order valence-corrected chi connectivity index (χ0v) is 12.4. The van der Waals surface area contributed by atoms with Gasteiger partial charge in [0.1, 0.15) is 0 Å². The molecule has 2 aromatic rings. The molecule has 0 saturated carbocycles. The Morgan fingerprint density at radius 3 is 1.39 bits per heavy atom. The molecule has 0 aliphatic heterocycles. The van der Waals surface area contributed by atoms with E-state index in [9.17, 15) is 10.2 Å². The van der Waals surface area contributed by atoms with Crippen LogP contribution in [0.25, 0.3) is 0 Å². The van der Waals surface area contributed by atoms with E-state index in [1.54, 1.807) is 48.5 Å². The third-order valence-electron chi connectivity index (χ3n) is 3.76. The molecular weight excluding hydrogens is 288 g/mol. The van der Waals surface area contributed by atoms with Crippen molar-refractivity contribution in [3.05, 3.63) is 83.4 Å². The average Bonchev–Trinajstić information content (AvgIpc) is 2.62. The van der Waals surface area contributed by atoms with E-state index in [0.29, 0.717) is 22.3 Å². The van der Waals surface area contributed by atoms with Crippen molar-refractivity contribution in [1.82, 2.24) is 0 Å². The molecule has 0 amide bonds. The normalized spacial score (nSPS) is 14.1. The van der Waals surface area contributed by atoms with Gasteiger partial charge in [0.2, 0.25) is 0 Å². The third-order valence-corrected chi connectivity index (χ3v) is 3.76. The second-order valence-electron chi connectivity index (χ2n) is 5.17. The van der Waals surface area contributed by atoms with Gasteiger partial charge in [-0.3, -0.25) is 0 Å². The van der Waals surface area contributed by atoms with Crippen LogP contribution in [0.5, 0.6) is 0 Å². The van der Waals surface area contributed by atoms with Crippen LogP contribution in [0.15, 0.2) is 61.2 Å². The van der Waals surface area contributed by atoms with Gasteiger partial charge in [-0.2, -0.15) is 10.5 Å². The Kier molecular flexibility index (Phi) is 5.28. The fourth-order valence-electron chi connectivity index (χ4n) is 2.38. The molecule has 0 aliphatic carbocycles. The van der Waals surface area contributed by atoms with Crippen LogP contribution in [0, 0.1) is 28.6 Å². The Morgan fingerprint density at radius 2 is 1.13 bits per heavy atom. The summed E-state index contributed by atoms with van der Waals surface area (Å²) < 4.78 is 0. The molecule has 0 aliphatic rings. The van der Waals surface area contributed by atoms with Crippen LogP contribution in [0.2, 0.25) is 0 Å². The molecule has 4 heteroatoms. The molecule has 2 N–H and O–H groups in total. The standard InChI is InChI=1S/C19H16N2O2/c1-2-17(18(22)15-7-3-13(11-20)4-8-15)19(23)16-9-5-14(12-21)6-10-16/h2-10,17-19,22-23H,1H2. The van der Waals surface area contributed by atoms with E-state index in [0.717, 1.165) is 0 Å². The van der Waals surface area contributed by atoms with Crippen molar-refractivity contribution >= 4 is 0 Å². The summed E-state index contributed by atoms with van der Waals surface area (Å²) in [5, 5.41) is 38.6. The molecule has 2 rings (SSSR count). The minimum atomic E-state index is -0.953. The monoisotopic (exact) mass is 304 g/mol. The highest BCUT2D eigenvalue weighted by atomic mass is 16.3. The van der Waals surface area contributed by atoms with Crippen LogP contribution >= 0.6 is 0 Å². The van der Waals surface area contributed by atoms with E-state index in [-0.39, 0.29) is 0 Å². The van der Waals surface area contributed by atoms with Gasteiger partial charge in [-0.05, 0) is 35.4 Å². The first-order chi connectivity index (χ1) is 11.1. The Balaban J connectivity index is 2.24. The summed E-state index contributed by atoms with van der Waals surface area (Å²) in [6.07, 6.45) is -0.400. The quantitative estimate of drug-likeness (QED) is 0.831. The van der Waals surface area contributed by atoms with Crippen LogP contribution in [-0.2, 0) is 0 Å². The number of hydrogen-bond donors (Lipinski definition) is 2. The van der Waals surface area contributed by atoms with E-state index < -0.39 is 18.1 Å². The summed E-state index contributed by atoms with van der Waals surface area (Å²) in [5.74, 6) is -0.615. The van der Waals surface area contributed by atoms with Gasteiger partial charge >= 0.3 is 0 Å². The predicted octanol–water partition coefficient (Wildman–Crippen LogP) is 3.00. The topological polar surface area (TPSA) is 88.0 Å². The molecule has 2 unspecified atom stereocenters. The maximum atomic E-state index is 10.5. The first kappa shape index (κ1) is 16.5. The Labute approximate surface area is 135 Å². The van der Waals surface area contributed by atoms with E-state index >= 15 is 0 Å². The smallest absolute Gasteiger partial charge is 0.0991 e. The fraction of sp³-hybridized carbons (Fsp3) is 0.158. The zero-order valence-electron chi connectivity index (χ0n) is 12.4. The number of aliphatic hydroxyl groups is 2. The van der Waals surface area contributed by atoms with Gasteiger partial charge in [0.25, 0.3) is 0 Å². The van der Waals surface area contributed by atoms with Crippen molar-refractivity contribution in [2.24, 2.45) is 5.92 Å². The molecule has 114 valence electrons. The molecule has 0 bridgehead atoms. The molecule has 0 aromatic heterocycles. The van der Waals surface area contributed by atoms with Crippen molar-refractivity contribution in [3.63, 3.8) is 0 Å². The number of hydrogen-bond acceptors (Lipinski definition) is 4. The Bertz CT molecular complexity index is 688. The van der Waals surface area contributed by atoms with E-state index in [4.69, 9.17) is 10.5 Å². The van der Waals surface area contributed by atoms with Crippen LogP contribution in [0.3, 0.4) is 0 Å². The van der Waals surface area contributed by atoms with Gasteiger partial charge in [-0.1, -0.05) is 30.3 Å². The second kappa shape index (κ2) is 7.38. The molecule has 4 nitrogen and oxygen atoms in total. The van der Waals surface area contributed by atoms with Crippen LogP contribution in [0.4, 0.5) is 0 Å². The lowest BCUT2D eigenvalue weighted by Crippen LogP contribution is -2.18. The summed E-state index contributed by atoms with van der Waals surface area (Å²) in [4.78, 5) is 0. The SMILES string of the molecule is C=CC(C(O)c1ccc(C#N)cc1)C(O)c1ccc(C#N)cc1. The van der Waals surface area contributed by atoms with Gasteiger partial charge in [0.05, 0.1) is 35.5 Å². The maximum Gasteiger partial charge on any atom is 0.0991 e. The zero-order chi connectivity index (χ0) is 16.8. The minimum Gasteiger partial charge on any atom is -0.388 e. The van der Waals surface area contributed by atoms with Crippen molar-refractivity contribution in [3.8, 4) is 12.1 Å². The van der Waals surface area contributed by atoms with Crippen LogP contribution < -0.4 is 0 Å². The van der Waals surface area contributed by atoms with Gasteiger partial charge in [-0.15, -0.1) is 6.58 Å². The molecule has 0 radical (unpaired) electrons. The first-order valence-corrected chi connectivity index (χ1v) is 7.09. The summed E-state index contributed by atoms with van der Waals surface area (Å²) in [6, 6.07) is 17.1. The summed E-state index contributed by atoms with van der Waals surface area (Å²) in [5.41, 5.74) is 2.20. The maximum absolute atomic E-state index is 10.5. The molecule has 2 atom stereocenters. The van der Waals surface area contributed by atoms with E-state index in [2.05, 4.69) is 6.58 Å². The molecule has 0 fully saturated rings. The molecule has 0 saturated heterocycles. The fourth-order valence-corrected chi connectivity index (χ4v) is 2.38. The lowest BCUT2D eigenvalue weighted by Gasteiger charge is -2.25. The molecule has 23 heavy (non-hydrogen) atoms. The van der Waals surface area contributed by atoms with E-state index in [1.807, 2.05) is 12.1 Å². The highest BCUT2D eigenvalue weighted by Gasteiger charge is 2.26. The van der Waals surface area contributed by atoms with Crippen molar-refractivity contribution in [2.45, 2.75) is 12.2 Å². The highest BCUT2D eigenvalue weighted by Crippen LogP contribution is 2.33. The predicted molar refractivity (Wildman–Crippen MR) is 85.9 cm³/mol. The molecule has 2 aromatic carbocycles. The van der Waals surface area contributed by atoms with Gasteiger partial charge in [0.15, 0.2) is 0 Å². The van der Waals surface area contributed by atoms with Gasteiger partial charge in [-0.25, -0.2) is 0 Å². The average molecular weight is 304 g/mol. The van der Waals surface area contributed by atoms with Crippen LogP contribution in [-0.4, -0.2) is 10.2 Å². The van der Waals surface area contributed by atoms with Crippen molar-refractivity contribution < 1.29 is 10.2 Å². The second-order valence-corrected chi connectivity index (χ2v) is 5.17. The number of benzene rings is 2. The Hall–Kier alpha value is -2.92. The highest BCUT2D eigenvalue weighted by molar-refractivity contribution is 5.35. The molecule has 0 spiro atoms. The molecule has 0 heterocycles. The lowest BCUT2D eigenvalue weighted by molar-refractivity contribution is 0.0353. The van der Waals surface area contributed by atoms with Crippen LogP contribution in [0.1, 0.15) is 34.5 Å². The van der Waals surface area contributed by atoms with Gasteiger partial charge in [0, 0.05) is 5.92 Å². The van der Waals surface area contributed by atoms with Crippen molar-refractivity contribution in [2.75, 3.05) is 0 Å². The first-order valence-electron chi connectivity index (χ1n) is 7.09. The number of rotatable bonds is 5. The number of aliphatic hydroxyl groups excluding tert-OH is 2. The minimum absolute atomic E-state index is 0.503. The van der Waals surface area contributed by atoms with Gasteiger partial charge < -0.3 is 10.2 Å². The van der Waals surface area contributed by atoms with Crippen molar-refractivity contribution in [1.29, 1.82) is 10.5 Å². The summed E-state index contributed by atoms with van der Waals surface area (Å²) in [6.45, 7) is 3.70. The summed E-state index contributed by atoms with van der Waals surface area (Å²) in [7, 11) is 0. The summed E-state index contributed by atoms with van der Waals surface area (Å²) >= 11 is 0. The number of nitrogens with zero attached hydrogens (tertiary/aromatic N) is 2. The Morgan fingerprint density at radius 1 is 0.783 bits per heavy atom. The lowest BCUT2D eigenvalue weighted by atomic mass is 9.87. The molecular formula is C19H16N2O2. The van der Waals surface area contributed by atoms with E-state index in [1.165, 1.54) is 6.08 Å². The third kappa shape index (κ3) is 3.64. The number of nitriles is 2. The largest absolute Gasteiger partial charge is 0.388 e.